The normalized spacial score (nSPS) is 16.5. The van der Waals surface area contributed by atoms with Gasteiger partial charge in [-0.25, -0.2) is 4.39 Å². The molecule has 0 fully saturated rings. The lowest BCUT2D eigenvalue weighted by molar-refractivity contribution is 0.257. The SMILES string of the molecule is CC(CN(C)C)N1Cc2ccc(F)cc2C1=N. The van der Waals surface area contributed by atoms with Gasteiger partial charge >= 0.3 is 0 Å². The Morgan fingerprint density at radius 3 is 2.82 bits per heavy atom. The van der Waals surface area contributed by atoms with Crippen LogP contribution in [0.1, 0.15) is 18.1 Å². The van der Waals surface area contributed by atoms with Crippen molar-refractivity contribution in [2.45, 2.75) is 19.5 Å². The molecule has 17 heavy (non-hydrogen) atoms. The maximum atomic E-state index is 13.2. The van der Waals surface area contributed by atoms with Crippen LogP contribution >= 0.6 is 0 Å². The minimum absolute atomic E-state index is 0.257. The van der Waals surface area contributed by atoms with E-state index >= 15 is 0 Å². The lowest BCUT2D eigenvalue weighted by atomic mass is 10.1. The summed E-state index contributed by atoms with van der Waals surface area (Å²) in [6.45, 7) is 3.69. The van der Waals surface area contributed by atoms with Gasteiger partial charge in [0.1, 0.15) is 11.7 Å². The van der Waals surface area contributed by atoms with Gasteiger partial charge in [0.25, 0.3) is 0 Å². The second-order valence-electron chi connectivity index (χ2n) is 4.89. The van der Waals surface area contributed by atoms with Gasteiger partial charge in [0.05, 0.1) is 0 Å². The summed E-state index contributed by atoms with van der Waals surface area (Å²) in [6.07, 6.45) is 0. The first-order valence-corrected chi connectivity index (χ1v) is 5.77. The van der Waals surface area contributed by atoms with E-state index in [1.165, 1.54) is 12.1 Å². The van der Waals surface area contributed by atoms with Crippen LogP contribution in [-0.4, -0.2) is 42.3 Å². The number of likely N-dealkylation sites (N-methyl/N-ethyl adjacent to an activating group) is 1. The van der Waals surface area contributed by atoms with Crippen LogP contribution in [0, 0.1) is 11.2 Å². The second-order valence-corrected chi connectivity index (χ2v) is 4.89. The Morgan fingerprint density at radius 2 is 2.18 bits per heavy atom. The number of fused-ring (bicyclic) bond motifs is 1. The van der Waals surface area contributed by atoms with Crippen molar-refractivity contribution < 1.29 is 4.39 Å². The fourth-order valence-corrected chi connectivity index (χ4v) is 2.33. The monoisotopic (exact) mass is 235 g/mol. The summed E-state index contributed by atoms with van der Waals surface area (Å²) in [5, 5.41) is 8.10. The predicted octanol–water partition coefficient (Wildman–Crippen LogP) is 1.92. The number of benzene rings is 1. The summed E-state index contributed by atoms with van der Waals surface area (Å²) in [4.78, 5) is 4.12. The van der Waals surface area contributed by atoms with Crippen molar-refractivity contribution in [2.24, 2.45) is 0 Å². The predicted molar refractivity (Wildman–Crippen MR) is 66.8 cm³/mol. The van der Waals surface area contributed by atoms with Gasteiger partial charge in [0.2, 0.25) is 0 Å². The molecule has 4 heteroatoms. The van der Waals surface area contributed by atoms with Gasteiger partial charge in [0.15, 0.2) is 0 Å². The molecule has 1 aromatic carbocycles. The topological polar surface area (TPSA) is 30.3 Å². The van der Waals surface area contributed by atoms with E-state index in [1.54, 1.807) is 6.07 Å². The Bertz CT molecular complexity index is 442. The van der Waals surface area contributed by atoms with Crippen molar-refractivity contribution in [1.82, 2.24) is 9.80 Å². The smallest absolute Gasteiger partial charge is 0.129 e. The molecule has 0 aromatic heterocycles. The van der Waals surface area contributed by atoms with Crippen molar-refractivity contribution >= 4 is 5.84 Å². The maximum Gasteiger partial charge on any atom is 0.129 e. The summed E-state index contributed by atoms with van der Waals surface area (Å²) < 4.78 is 13.2. The van der Waals surface area contributed by atoms with E-state index in [0.29, 0.717) is 12.4 Å². The van der Waals surface area contributed by atoms with Crippen LogP contribution in [0.3, 0.4) is 0 Å². The van der Waals surface area contributed by atoms with Crippen LogP contribution < -0.4 is 0 Å². The van der Waals surface area contributed by atoms with Crippen molar-refractivity contribution in [3.8, 4) is 0 Å². The Labute approximate surface area is 101 Å². The van der Waals surface area contributed by atoms with Crippen LogP contribution in [0.15, 0.2) is 18.2 Å². The molecule has 0 amide bonds. The fourth-order valence-electron chi connectivity index (χ4n) is 2.33. The Morgan fingerprint density at radius 1 is 1.47 bits per heavy atom. The van der Waals surface area contributed by atoms with Gasteiger partial charge in [-0.1, -0.05) is 6.07 Å². The molecule has 1 aliphatic rings. The first-order chi connectivity index (χ1) is 7.99. The molecule has 0 saturated heterocycles. The molecular formula is C13H18FN3. The van der Waals surface area contributed by atoms with E-state index in [2.05, 4.69) is 11.8 Å². The van der Waals surface area contributed by atoms with Crippen molar-refractivity contribution in [3.63, 3.8) is 0 Å². The van der Waals surface area contributed by atoms with Gasteiger partial charge in [0, 0.05) is 24.7 Å². The number of hydrogen-bond acceptors (Lipinski definition) is 2. The first-order valence-electron chi connectivity index (χ1n) is 5.77. The Balaban J connectivity index is 2.19. The van der Waals surface area contributed by atoms with Gasteiger partial charge in [-0.15, -0.1) is 0 Å². The average molecular weight is 235 g/mol. The lowest BCUT2D eigenvalue weighted by Crippen LogP contribution is -2.40. The second kappa shape index (κ2) is 4.45. The molecule has 0 spiro atoms. The van der Waals surface area contributed by atoms with E-state index in [9.17, 15) is 4.39 Å². The quantitative estimate of drug-likeness (QED) is 0.867. The molecular weight excluding hydrogens is 217 g/mol. The zero-order valence-electron chi connectivity index (χ0n) is 10.5. The van der Waals surface area contributed by atoms with Gasteiger partial charge in [-0.05, 0) is 38.7 Å². The molecule has 3 nitrogen and oxygen atoms in total. The Hall–Kier alpha value is -1.42. The van der Waals surface area contributed by atoms with E-state index in [4.69, 9.17) is 5.41 Å². The summed E-state index contributed by atoms with van der Waals surface area (Å²) in [7, 11) is 4.03. The van der Waals surface area contributed by atoms with E-state index in [1.807, 2.05) is 19.0 Å². The third-order valence-electron chi connectivity index (χ3n) is 3.12. The van der Waals surface area contributed by atoms with Gasteiger partial charge in [-0.2, -0.15) is 0 Å². The number of nitrogens with zero attached hydrogens (tertiary/aromatic N) is 2. The third kappa shape index (κ3) is 2.31. The highest BCUT2D eigenvalue weighted by Crippen LogP contribution is 2.25. The molecule has 0 bridgehead atoms. The van der Waals surface area contributed by atoms with Crippen molar-refractivity contribution in [1.29, 1.82) is 5.41 Å². The lowest BCUT2D eigenvalue weighted by Gasteiger charge is -2.28. The Kier molecular flexibility index (Phi) is 3.15. The van der Waals surface area contributed by atoms with Crippen LogP contribution in [0.25, 0.3) is 0 Å². The van der Waals surface area contributed by atoms with Crippen LogP contribution in [0.5, 0.6) is 0 Å². The molecule has 1 unspecified atom stereocenters. The van der Waals surface area contributed by atoms with E-state index in [-0.39, 0.29) is 11.9 Å². The standard InChI is InChI=1S/C13H18FN3/c1-9(7-16(2)3)17-8-10-4-5-11(14)6-12(10)13(17)15/h4-6,9,15H,7-8H2,1-3H3. The molecule has 2 rings (SSSR count). The molecule has 0 radical (unpaired) electrons. The third-order valence-corrected chi connectivity index (χ3v) is 3.12. The van der Waals surface area contributed by atoms with E-state index < -0.39 is 0 Å². The van der Waals surface area contributed by atoms with Gasteiger partial charge < -0.3 is 9.80 Å². The highest BCUT2D eigenvalue weighted by Gasteiger charge is 2.28. The van der Waals surface area contributed by atoms with Crippen molar-refractivity contribution in [2.75, 3.05) is 20.6 Å². The molecule has 1 aliphatic heterocycles. The molecule has 0 aliphatic carbocycles. The van der Waals surface area contributed by atoms with Crippen LogP contribution in [0.2, 0.25) is 0 Å². The van der Waals surface area contributed by atoms with Crippen molar-refractivity contribution in [3.05, 3.63) is 35.1 Å². The van der Waals surface area contributed by atoms with E-state index in [0.717, 1.165) is 17.7 Å². The zero-order chi connectivity index (χ0) is 12.6. The molecule has 1 heterocycles. The summed E-state index contributed by atoms with van der Waals surface area (Å²) >= 11 is 0. The minimum Gasteiger partial charge on any atom is -0.348 e. The molecule has 1 N–H and O–H groups in total. The average Bonchev–Trinajstić information content (AvgIpc) is 2.55. The number of hydrogen-bond donors (Lipinski definition) is 1. The molecule has 1 aromatic rings. The maximum absolute atomic E-state index is 13.2. The number of rotatable bonds is 3. The highest BCUT2D eigenvalue weighted by molar-refractivity contribution is 6.00. The summed E-state index contributed by atoms with van der Waals surface area (Å²) in [6, 6.07) is 4.96. The number of nitrogens with one attached hydrogen (secondary N) is 1. The summed E-state index contributed by atoms with van der Waals surface area (Å²) in [5.74, 6) is 0.171. The zero-order valence-corrected chi connectivity index (χ0v) is 10.5. The molecule has 92 valence electrons. The molecule has 0 saturated carbocycles. The number of halogens is 1. The largest absolute Gasteiger partial charge is 0.348 e. The summed E-state index contributed by atoms with van der Waals surface area (Å²) in [5.41, 5.74) is 1.78. The minimum atomic E-state index is -0.268. The van der Waals surface area contributed by atoms with Crippen LogP contribution in [-0.2, 0) is 6.54 Å². The highest BCUT2D eigenvalue weighted by atomic mass is 19.1. The van der Waals surface area contributed by atoms with Crippen LogP contribution in [0.4, 0.5) is 4.39 Å². The molecule has 1 atom stereocenters. The number of amidine groups is 1. The van der Waals surface area contributed by atoms with Gasteiger partial charge in [-0.3, -0.25) is 5.41 Å². The fraction of sp³-hybridized carbons (Fsp3) is 0.462. The first kappa shape index (κ1) is 12.0.